The second-order valence-electron chi connectivity index (χ2n) is 3.92. The Morgan fingerprint density at radius 1 is 1.47 bits per heavy atom. The van der Waals surface area contributed by atoms with E-state index in [4.69, 9.17) is 5.26 Å². The first-order valence-electron chi connectivity index (χ1n) is 5.46. The molecule has 1 N–H and O–H groups in total. The van der Waals surface area contributed by atoms with Gasteiger partial charge in [0.15, 0.2) is 0 Å². The molecule has 0 saturated heterocycles. The number of anilines is 1. The zero-order chi connectivity index (χ0) is 14.3. The van der Waals surface area contributed by atoms with Gasteiger partial charge in [-0.25, -0.2) is 8.42 Å². The average Bonchev–Trinajstić information content (AvgIpc) is 2.34. The summed E-state index contributed by atoms with van der Waals surface area (Å²) in [7, 11) is -2.98. The molecule has 0 fully saturated rings. The van der Waals surface area contributed by atoms with Crippen LogP contribution in [-0.2, 0) is 14.6 Å². The number of nitrogens with zero attached hydrogens (tertiary/aromatic N) is 1. The first-order chi connectivity index (χ1) is 8.90. The molecule has 19 heavy (non-hydrogen) atoms. The van der Waals surface area contributed by atoms with Gasteiger partial charge in [0.25, 0.3) is 0 Å². The number of hydrogen-bond acceptors (Lipinski definition) is 5. The standard InChI is InChI=1S/C12H14N2O3S2/c1-19(16,17)6-5-18-9-12(15)14-11-4-2-3-10(7-11)8-13/h2-4,7H,5-6,9H2,1H3,(H,14,15). The topological polar surface area (TPSA) is 87.0 Å². The highest BCUT2D eigenvalue weighted by Gasteiger charge is 2.06. The number of carbonyl (C=O) groups excluding carboxylic acids is 1. The van der Waals surface area contributed by atoms with Gasteiger partial charge in [0.2, 0.25) is 5.91 Å². The Balaban J connectivity index is 2.37. The van der Waals surface area contributed by atoms with E-state index in [0.717, 1.165) is 0 Å². The van der Waals surface area contributed by atoms with Crippen LogP contribution >= 0.6 is 11.8 Å². The van der Waals surface area contributed by atoms with Gasteiger partial charge in [-0.2, -0.15) is 17.0 Å². The highest BCUT2D eigenvalue weighted by atomic mass is 32.2. The molecular formula is C12H14N2O3S2. The molecule has 0 bridgehead atoms. The van der Waals surface area contributed by atoms with Crippen molar-refractivity contribution in [2.45, 2.75) is 0 Å². The van der Waals surface area contributed by atoms with Gasteiger partial charge in [0.05, 0.1) is 23.1 Å². The Kier molecular flexibility index (Phi) is 5.86. The van der Waals surface area contributed by atoms with Crippen molar-refractivity contribution in [3.63, 3.8) is 0 Å². The van der Waals surface area contributed by atoms with Crippen molar-refractivity contribution >= 4 is 33.2 Å². The van der Waals surface area contributed by atoms with E-state index in [1.54, 1.807) is 24.3 Å². The molecule has 0 spiro atoms. The molecule has 0 unspecified atom stereocenters. The minimum atomic E-state index is -2.98. The number of thioether (sulfide) groups is 1. The summed E-state index contributed by atoms with van der Waals surface area (Å²) in [6.45, 7) is 0. The van der Waals surface area contributed by atoms with Crippen LogP contribution in [0.1, 0.15) is 5.56 Å². The zero-order valence-electron chi connectivity index (χ0n) is 10.4. The fraction of sp³-hybridized carbons (Fsp3) is 0.333. The third kappa shape index (κ3) is 6.84. The lowest BCUT2D eigenvalue weighted by atomic mass is 10.2. The second-order valence-corrected chi connectivity index (χ2v) is 7.29. The highest BCUT2D eigenvalue weighted by Crippen LogP contribution is 2.10. The second kappa shape index (κ2) is 7.16. The minimum Gasteiger partial charge on any atom is -0.325 e. The Labute approximate surface area is 116 Å². The summed E-state index contributed by atoms with van der Waals surface area (Å²) in [6, 6.07) is 8.60. The van der Waals surface area contributed by atoms with Gasteiger partial charge in [-0.3, -0.25) is 4.79 Å². The Hall–Kier alpha value is -1.52. The van der Waals surface area contributed by atoms with Crippen LogP contribution in [0.2, 0.25) is 0 Å². The molecule has 0 heterocycles. The van der Waals surface area contributed by atoms with Crippen LogP contribution in [0.15, 0.2) is 24.3 Å². The Bertz CT molecular complexity index is 591. The normalized spacial score (nSPS) is 10.7. The lowest BCUT2D eigenvalue weighted by Gasteiger charge is -2.05. The molecule has 7 heteroatoms. The SMILES string of the molecule is CS(=O)(=O)CCSCC(=O)Nc1cccc(C#N)c1. The Morgan fingerprint density at radius 2 is 2.21 bits per heavy atom. The molecule has 1 amide bonds. The lowest BCUT2D eigenvalue weighted by Crippen LogP contribution is -2.15. The molecule has 1 aromatic carbocycles. The van der Waals surface area contributed by atoms with Crippen LogP contribution in [0.3, 0.4) is 0 Å². The van der Waals surface area contributed by atoms with Gasteiger partial charge in [-0.1, -0.05) is 6.07 Å². The van der Waals surface area contributed by atoms with E-state index in [0.29, 0.717) is 17.0 Å². The number of sulfone groups is 1. The molecule has 0 saturated carbocycles. The molecule has 1 aromatic rings. The maximum atomic E-state index is 11.6. The number of carbonyl (C=O) groups is 1. The highest BCUT2D eigenvalue weighted by molar-refractivity contribution is 8.01. The van der Waals surface area contributed by atoms with Crippen molar-refractivity contribution in [3.8, 4) is 6.07 Å². The van der Waals surface area contributed by atoms with E-state index < -0.39 is 9.84 Å². The van der Waals surface area contributed by atoms with Crippen LogP contribution in [-0.4, -0.2) is 37.8 Å². The first-order valence-corrected chi connectivity index (χ1v) is 8.68. The van der Waals surface area contributed by atoms with Crippen molar-refractivity contribution in [1.29, 1.82) is 5.26 Å². The van der Waals surface area contributed by atoms with Gasteiger partial charge >= 0.3 is 0 Å². The van der Waals surface area contributed by atoms with Gasteiger partial charge in [-0.15, -0.1) is 0 Å². The van der Waals surface area contributed by atoms with E-state index in [1.165, 1.54) is 18.0 Å². The van der Waals surface area contributed by atoms with Gasteiger partial charge in [0, 0.05) is 17.7 Å². The Morgan fingerprint density at radius 3 is 2.84 bits per heavy atom. The van der Waals surface area contributed by atoms with Crippen LogP contribution < -0.4 is 5.32 Å². The summed E-state index contributed by atoms with van der Waals surface area (Å²) >= 11 is 1.26. The lowest BCUT2D eigenvalue weighted by molar-refractivity contribution is -0.113. The van der Waals surface area contributed by atoms with Crippen LogP contribution in [0.4, 0.5) is 5.69 Å². The van der Waals surface area contributed by atoms with Crippen molar-refractivity contribution in [1.82, 2.24) is 0 Å². The van der Waals surface area contributed by atoms with Crippen molar-refractivity contribution in [2.75, 3.05) is 28.8 Å². The van der Waals surface area contributed by atoms with Gasteiger partial charge in [0.1, 0.15) is 9.84 Å². The maximum Gasteiger partial charge on any atom is 0.234 e. The van der Waals surface area contributed by atoms with Crippen LogP contribution in [0.25, 0.3) is 0 Å². The maximum absolute atomic E-state index is 11.6. The fourth-order valence-electron chi connectivity index (χ4n) is 1.24. The molecule has 0 radical (unpaired) electrons. The molecule has 0 aliphatic carbocycles. The van der Waals surface area contributed by atoms with E-state index in [2.05, 4.69) is 5.32 Å². The first kappa shape index (κ1) is 15.5. The third-order valence-corrected chi connectivity index (χ3v) is 4.27. The summed E-state index contributed by atoms with van der Waals surface area (Å²) in [6.07, 6.45) is 1.17. The molecule has 102 valence electrons. The third-order valence-electron chi connectivity index (χ3n) is 2.11. The van der Waals surface area contributed by atoms with Crippen LogP contribution in [0, 0.1) is 11.3 Å². The van der Waals surface area contributed by atoms with E-state index in [-0.39, 0.29) is 17.4 Å². The number of rotatable bonds is 6. The summed E-state index contributed by atoms with van der Waals surface area (Å²) < 4.78 is 21.8. The molecule has 0 aromatic heterocycles. The van der Waals surface area contributed by atoms with E-state index >= 15 is 0 Å². The molecule has 0 aliphatic rings. The molecule has 5 nitrogen and oxygen atoms in total. The largest absolute Gasteiger partial charge is 0.325 e. The van der Waals surface area contributed by atoms with Gasteiger partial charge in [-0.05, 0) is 18.2 Å². The van der Waals surface area contributed by atoms with Gasteiger partial charge < -0.3 is 5.32 Å². The summed E-state index contributed by atoms with van der Waals surface area (Å²) in [5.74, 6) is 0.430. The molecule has 0 atom stereocenters. The fourth-order valence-corrected chi connectivity index (χ4v) is 3.32. The molecule has 1 rings (SSSR count). The number of nitrogens with one attached hydrogen (secondary N) is 1. The van der Waals surface area contributed by atoms with Crippen molar-refractivity contribution in [2.24, 2.45) is 0 Å². The number of amides is 1. The average molecular weight is 298 g/mol. The number of benzene rings is 1. The smallest absolute Gasteiger partial charge is 0.234 e. The number of hydrogen-bond donors (Lipinski definition) is 1. The summed E-state index contributed by atoms with van der Waals surface area (Å²) in [4.78, 5) is 11.6. The zero-order valence-corrected chi connectivity index (χ0v) is 12.1. The summed E-state index contributed by atoms with van der Waals surface area (Å²) in [5, 5.41) is 11.4. The molecular weight excluding hydrogens is 284 g/mol. The monoisotopic (exact) mass is 298 g/mol. The summed E-state index contributed by atoms with van der Waals surface area (Å²) in [5.41, 5.74) is 1.04. The minimum absolute atomic E-state index is 0.0643. The van der Waals surface area contributed by atoms with Crippen LogP contribution in [0.5, 0.6) is 0 Å². The predicted molar refractivity (Wildman–Crippen MR) is 76.8 cm³/mol. The molecule has 0 aliphatic heterocycles. The van der Waals surface area contributed by atoms with E-state index in [9.17, 15) is 13.2 Å². The number of nitriles is 1. The quantitative estimate of drug-likeness (QED) is 0.799. The van der Waals surface area contributed by atoms with E-state index in [1.807, 2.05) is 6.07 Å². The van der Waals surface area contributed by atoms with Crippen molar-refractivity contribution in [3.05, 3.63) is 29.8 Å². The van der Waals surface area contributed by atoms with Crippen molar-refractivity contribution < 1.29 is 13.2 Å². The predicted octanol–water partition coefficient (Wildman–Crippen LogP) is 1.27.